The molecule has 1 N–H and O–H groups in total. The van der Waals surface area contributed by atoms with Gasteiger partial charge in [0.25, 0.3) is 0 Å². The third-order valence-corrected chi connectivity index (χ3v) is 3.91. The highest BCUT2D eigenvalue weighted by Gasteiger charge is 2.31. The molecule has 1 aliphatic carbocycles. The topological polar surface area (TPSA) is 40.5 Å². The van der Waals surface area contributed by atoms with Gasteiger partial charge in [-0.15, -0.1) is 0 Å². The second-order valence-electron chi connectivity index (χ2n) is 4.96. The summed E-state index contributed by atoms with van der Waals surface area (Å²) in [6.45, 7) is 1.79. The first kappa shape index (κ1) is 10.9. The van der Waals surface area contributed by atoms with Crippen molar-refractivity contribution in [2.75, 3.05) is 13.1 Å². The Balaban J connectivity index is 1.86. The van der Waals surface area contributed by atoms with Gasteiger partial charge in [-0.05, 0) is 25.8 Å². The van der Waals surface area contributed by atoms with Crippen molar-refractivity contribution < 1.29 is 9.90 Å². The van der Waals surface area contributed by atoms with Gasteiger partial charge in [0.2, 0.25) is 0 Å². The molecular weight excluding hydrogens is 190 g/mol. The van der Waals surface area contributed by atoms with E-state index in [-0.39, 0.29) is 5.92 Å². The molecule has 1 heterocycles. The molecule has 1 atom stereocenters. The standard InChI is InChI=1S/C12H21NO2/c14-12(15)10-7-8-13(9-10)11-5-3-1-2-4-6-11/h10-11H,1-9H2,(H,14,15). The zero-order valence-corrected chi connectivity index (χ0v) is 9.32. The monoisotopic (exact) mass is 211 g/mol. The number of carboxylic acid groups (broad SMARTS) is 1. The van der Waals surface area contributed by atoms with Crippen LogP contribution in [0.5, 0.6) is 0 Å². The smallest absolute Gasteiger partial charge is 0.307 e. The Morgan fingerprint density at radius 3 is 2.27 bits per heavy atom. The molecular formula is C12H21NO2. The van der Waals surface area contributed by atoms with Crippen molar-refractivity contribution in [2.45, 2.75) is 51.0 Å². The van der Waals surface area contributed by atoms with Crippen LogP contribution in [-0.2, 0) is 4.79 Å². The van der Waals surface area contributed by atoms with E-state index in [0.717, 1.165) is 19.5 Å². The fourth-order valence-corrected chi connectivity index (χ4v) is 2.94. The number of hydrogen-bond acceptors (Lipinski definition) is 2. The molecule has 3 heteroatoms. The SMILES string of the molecule is O=C(O)C1CCN(C2CCCCCC2)C1. The van der Waals surface area contributed by atoms with Gasteiger partial charge < -0.3 is 5.11 Å². The molecule has 1 unspecified atom stereocenters. The zero-order valence-electron chi connectivity index (χ0n) is 9.32. The van der Waals surface area contributed by atoms with Gasteiger partial charge in [0.15, 0.2) is 0 Å². The summed E-state index contributed by atoms with van der Waals surface area (Å²) >= 11 is 0. The highest BCUT2D eigenvalue weighted by Crippen LogP contribution is 2.27. The summed E-state index contributed by atoms with van der Waals surface area (Å²) in [4.78, 5) is 13.3. The summed E-state index contributed by atoms with van der Waals surface area (Å²) < 4.78 is 0. The fourth-order valence-electron chi connectivity index (χ4n) is 2.94. The maximum atomic E-state index is 10.9. The van der Waals surface area contributed by atoms with Crippen molar-refractivity contribution in [1.82, 2.24) is 4.90 Å². The van der Waals surface area contributed by atoms with Gasteiger partial charge in [0, 0.05) is 12.6 Å². The van der Waals surface area contributed by atoms with Crippen LogP contribution in [0.15, 0.2) is 0 Å². The van der Waals surface area contributed by atoms with Crippen LogP contribution in [0, 0.1) is 5.92 Å². The number of carboxylic acids is 1. The van der Waals surface area contributed by atoms with Crippen molar-refractivity contribution in [2.24, 2.45) is 5.92 Å². The van der Waals surface area contributed by atoms with Crippen LogP contribution in [0.2, 0.25) is 0 Å². The van der Waals surface area contributed by atoms with Crippen LogP contribution >= 0.6 is 0 Å². The molecule has 86 valence electrons. The lowest BCUT2D eigenvalue weighted by molar-refractivity contribution is -0.141. The average Bonchev–Trinajstić information content (AvgIpc) is 2.55. The molecule has 3 nitrogen and oxygen atoms in total. The molecule has 1 aliphatic heterocycles. The molecule has 0 aromatic carbocycles. The summed E-state index contributed by atoms with van der Waals surface area (Å²) in [5.74, 6) is -0.709. The minimum atomic E-state index is -0.605. The van der Waals surface area contributed by atoms with Crippen LogP contribution in [0.25, 0.3) is 0 Å². The van der Waals surface area contributed by atoms with E-state index in [1.165, 1.54) is 38.5 Å². The minimum absolute atomic E-state index is 0.103. The van der Waals surface area contributed by atoms with E-state index in [4.69, 9.17) is 5.11 Å². The van der Waals surface area contributed by atoms with Gasteiger partial charge in [-0.3, -0.25) is 9.69 Å². The second-order valence-corrected chi connectivity index (χ2v) is 4.96. The molecule has 0 spiro atoms. The number of hydrogen-bond donors (Lipinski definition) is 1. The van der Waals surface area contributed by atoms with Crippen molar-refractivity contribution >= 4 is 5.97 Å². The zero-order chi connectivity index (χ0) is 10.7. The van der Waals surface area contributed by atoms with Crippen molar-refractivity contribution in [3.05, 3.63) is 0 Å². The maximum absolute atomic E-state index is 10.9. The molecule has 0 aromatic heterocycles. The lowest BCUT2D eigenvalue weighted by Crippen LogP contribution is -2.33. The Morgan fingerprint density at radius 1 is 1.07 bits per heavy atom. The summed E-state index contributed by atoms with van der Waals surface area (Å²) in [5.41, 5.74) is 0. The van der Waals surface area contributed by atoms with E-state index in [1.807, 2.05) is 0 Å². The van der Waals surface area contributed by atoms with Gasteiger partial charge in [-0.1, -0.05) is 25.7 Å². The van der Waals surface area contributed by atoms with Crippen LogP contribution in [0.1, 0.15) is 44.9 Å². The number of nitrogens with zero attached hydrogens (tertiary/aromatic N) is 1. The lowest BCUT2D eigenvalue weighted by atomic mass is 10.1. The largest absolute Gasteiger partial charge is 0.481 e. The van der Waals surface area contributed by atoms with Gasteiger partial charge in [-0.25, -0.2) is 0 Å². The Morgan fingerprint density at radius 2 is 1.73 bits per heavy atom. The highest BCUT2D eigenvalue weighted by atomic mass is 16.4. The number of likely N-dealkylation sites (tertiary alicyclic amines) is 1. The average molecular weight is 211 g/mol. The molecule has 0 radical (unpaired) electrons. The first-order chi connectivity index (χ1) is 7.27. The molecule has 15 heavy (non-hydrogen) atoms. The van der Waals surface area contributed by atoms with Gasteiger partial charge >= 0.3 is 5.97 Å². The predicted molar refractivity (Wildman–Crippen MR) is 58.8 cm³/mol. The maximum Gasteiger partial charge on any atom is 0.307 e. The Hall–Kier alpha value is -0.570. The molecule has 2 fully saturated rings. The van der Waals surface area contributed by atoms with Crippen LogP contribution in [0.4, 0.5) is 0 Å². The summed E-state index contributed by atoms with van der Waals surface area (Å²) in [5, 5.41) is 8.96. The summed E-state index contributed by atoms with van der Waals surface area (Å²) in [6, 6.07) is 0.678. The van der Waals surface area contributed by atoms with Crippen molar-refractivity contribution in [3.8, 4) is 0 Å². The Labute approximate surface area is 91.5 Å². The van der Waals surface area contributed by atoms with Crippen LogP contribution < -0.4 is 0 Å². The number of aliphatic carboxylic acids is 1. The highest BCUT2D eigenvalue weighted by molar-refractivity contribution is 5.70. The Bertz CT molecular complexity index is 222. The van der Waals surface area contributed by atoms with E-state index < -0.39 is 5.97 Å². The minimum Gasteiger partial charge on any atom is -0.481 e. The normalized spacial score (nSPS) is 30.3. The van der Waals surface area contributed by atoms with Crippen LogP contribution in [-0.4, -0.2) is 35.1 Å². The second kappa shape index (κ2) is 4.97. The van der Waals surface area contributed by atoms with Crippen molar-refractivity contribution in [3.63, 3.8) is 0 Å². The fraction of sp³-hybridized carbons (Fsp3) is 0.917. The quantitative estimate of drug-likeness (QED) is 0.711. The van der Waals surface area contributed by atoms with Gasteiger partial charge in [-0.2, -0.15) is 0 Å². The van der Waals surface area contributed by atoms with Gasteiger partial charge in [0.05, 0.1) is 5.92 Å². The number of rotatable bonds is 2. The summed E-state index contributed by atoms with van der Waals surface area (Å²) in [6.07, 6.45) is 8.82. The van der Waals surface area contributed by atoms with E-state index in [9.17, 15) is 4.79 Å². The molecule has 1 saturated heterocycles. The molecule has 0 bridgehead atoms. The van der Waals surface area contributed by atoms with E-state index in [2.05, 4.69) is 4.90 Å². The molecule has 0 amide bonds. The lowest BCUT2D eigenvalue weighted by Gasteiger charge is -2.26. The van der Waals surface area contributed by atoms with Crippen molar-refractivity contribution in [1.29, 1.82) is 0 Å². The third kappa shape index (κ3) is 2.71. The van der Waals surface area contributed by atoms with Crippen LogP contribution in [0.3, 0.4) is 0 Å². The van der Waals surface area contributed by atoms with Gasteiger partial charge in [0.1, 0.15) is 0 Å². The van der Waals surface area contributed by atoms with E-state index in [0.29, 0.717) is 6.04 Å². The number of carbonyl (C=O) groups is 1. The molecule has 1 saturated carbocycles. The molecule has 2 aliphatic rings. The predicted octanol–water partition coefficient (Wildman–Crippen LogP) is 2.12. The third-order valence-electron chi connectivity index (χ3n) is 3.91. The Kier molecular flexibility index (Phi) is 3.62. The van der Waals surface area contributed by atoms with E-state index >= 15 is 0 Å². The first-order valence-corrected chi connectivity index (χ1v) is 6.24. The molecule has 2 rings (SSSR count). The van der Waals surface area contributed by atoms with E-state index in [1.54, 1.807) is 0 Å². The molecule has 0 aromatic rings. The first-order valence-electron chi connectivity index (χ1n) is 6.24. The summed E-state index contributed by atoms with van der Waals surface area (Å²) in [7, 11) is 0.